The zero-order valence-electron chi connectivity index (χ0n) is 15.3. The summed E-state index contributed by atoms with van der Waals surface area (Å²) in [7, 11) is 0. The van der Waals surface area contributed by atoms with Crippen molar-refractivity contribution in [2.24, 2.45) is 5.10 Å². The van der Waals surface area contributed by atoms with Crippen LogP contribution in [0.4, 0.5) is 5.69 Å². The van der Waals surface area contributed by atoms with Crippen molar-refractivity contribution in [3.8, 4) is 0 Å². The SMILES string of the molecule is CCCc1cc(C)[nH]c(=O)c1C[N+]1(C(C)C)N=Cc2ccc(Br)cc21. The van der Waals surface area contributed by atoms with Gasteiger partial charge < -0.3 is 4.98 Å². The van der Waals surface area contributed by atoms with Crippen LogP contribution in [0.2, 0.25) is 0 Å². The number of rotatable bonds is 5. The Kier molecular flexibility index (Phi) is 4.98. The second-order valence-electron chi connectivity index (χ2n) is 7.06. The predicted molar refractivity (Wildman–Crippen MR) is 108 cm³/mol. The number of fused-ring (bicyclic) bond motifs is 1. The molecule has 0 aliphatic carbocycles. The summed E-state index contributed by atoms with van der Waals surface area (Å²) in [5, 5.41) is 4.87. The van der Waals surface area contributed by atoms with Gasteiger partial charge in [-0.25, -0.2) is 0 Å². The molecule has 0 saturated heterocycles. The Labute approximate surface area is 157 Å². The Morgan fingerprint density at radius 2 is 2.04 bits per heavy atom. The highest BCUT2D eigenvalue weighted by Crippen LogP contribution is 2.38. The Morgan fingerprint density at radius 3 is 2.72 bits per heavy atom. The molecule has 1 aliphatic rings. The number of quaternary nitrogens is 1. The van der Waals surface area contributed by atoms with E-state index in [-0.39, 0.29) is 11.6 Å². The van der Waals surface area contributed by atoms with Gasteiger partial charge in [-0.3, -0.25) is 4.79 Å². The summed E-state index contributed by atoms with van der Waals surface area (Å²) in [6, 6.07) is 8.58. The molecule has 0 bridgehead atoms. The van der Waals surface area contributed by atoms with E-state index in [9.17, 15) is 4.79 Å². The molecule has 1 unspecified atom stereocenters. The van der Waals surface area contributed by atoms with Crippen molar-refractivity contribution in [2.75, 3.05) is 0 Å². The lowest BCUT2D eigenvalue weighted by molar-refractivity contribution is 0.228. The Hall–Kier alpha value is -1.72. The number of halogens is 1. The quantitative estimate of drug-likeness (QED) is 0.725. The Balaban J connectivity index is 2.15. The van der Waals surface area contributed by atoms with E-state index in [0.29, 0.717) is 11.1 Å². The zero-order chi connectivity index (χ0) is 18.2. The van der Waals surface area contributed by atoms with Crippen molar-refractivity contribution >= 4 is 27.8 Å². The Morgan fingerprint density at radius 1 is 1.28 bits per heavy atom. The standard InChI is InChI=1S/C20H24BrN3O/c1-5-6-15-9-14(4)23-20(25)18(15)12-24(13(2)3)19-10-17(21)8-7-16(19)11-22-24/h7-11,13H,5-6,12H2,1-4H3/p+1. The van der Waals surface area contributed by atoms with E-state index in [1.54, 1.807) is 0 Å². The third-order valence-electron chi connectivity index (χ3n) is 4.95. The van der Waals surface area contributed by atoms with Crippen LogP contribution < -0.4 is 10.2 Å². The number of benzene rings is 1. The molecule has 1 atom stereocenters. The van der Waals surface area contributed by atoms with E-state index in [0.717, 1.165) is 45.4 Å². The van der Waals surface area contributed by atoms with E-state index in [4.69, 9.17) is 5.10 Å². The summed E-state index contributed by atoms with van der Waals surface area (Å²) < 4.78 is 1.46. The van der Waals surface area contributed by atoms with Crippen molar-refractivity contribution in [1.82, 2.24) is 9.58 Å². The van der Waals surface area contributed by atoms with Gasteiger partial charge in [0.1, 0.15) is 12.6 Å². The molecule has 0 spiro atoms. The van der Waals surface area contributed by atoms with Gasteiger partial charge in [-0.15, -0.1) is 0 Å². The number of H-pyrrole nitrogens is 1. The fourth-order valence-corrected chi connectivity index (χ4v) is 3.95. The molecule has 2 aromatic rings. The third kappa shape index (κ3) is 3.23. The zero-order valence-corrected chi connectivity index (χ0v) is 16.9. The first-order valence-electron chi connectivity index (χ1n) is 8.82. The van der Waals surface area contributed by atoms with Gasteiger partial charge in [0.15, 0.2) is 5.69 Å². The van der Waals surface area contributed by atoms with Gasteiger partial charge in [-0.1, -0.05) is 34.4 Å². The molecule has 0 saturated carbocycles. The maximum absolute atomic E-state index is 12.7. The monoisotopic (exact) mass is 402 g/mol. The minimum absolute atomic E-state index is 0.0141. The van der Waals surface area contributed by atoms with E-state index in [2.05, 4.69) is 59.9 Å². The van der Waals surface area contributed by atoms with Crippen LogP contribution in [-0.4, -0.2) is 17.2 Å². The molecule has 1 aliphatic heterocycles. The molecule has 1 aromatic carbocycles. The van der Waals surface area contributed by atoms with Gasteiger partial charge in [0.2, 0.25) is 0 Å². The van der Waals surface area contributed by atoms with Crippen molar-refractivity contribution in [3.63, 3.8) is 0 Å². The molecule has 2 heterocycles. The maximum Gasteiger partial charge on any atom is 0.257 e. The molecular formula is C20H25BrN3O+. The minimum atomic E-state index is 0.0141. The highest BCUT2D eigenvalue weighted by molar-refractivity contribution is 9.10. The molecular weight excluding hydrogens is 378 g/mol. The van der Waals surface area contributed by atoms with Crippen molar-refractivity contribution in [2.45, 2.75) is 53.1 Å². The van der Waals surface area contributed by atoms with Crippen LogP contribution in [0.5, 0.6) is 0 Å². The van der Waals surface area contributed by atoms with Crippen molar-refractivity contribution in [3.05, 3.63) is 61.5 Å². The second kappa shape index (κ2) is 6.89. The molecule has 1 aromatic heterocycles. The van der Waals surface area contributed by atoms with Crippen LogP contribution in [0.1, 0.15) is 49.6 Å². The summed E-state index contributed by atoms with van der Waals surface area (Å²) >= 11 is 3.58. The molecule has 1 N–H and O–H groups in total. The van der Waals surface area contributed by atoms with Gasteiger partial charge >= 0.3 is 0 Å². The number of nitrogens with zero attached hydrogens (tertiary/aromatic N) is 2. The van der Waals surface area contributed by atoms with Crippen molar-refractivity contribution < 1.29 is 0 Å². The maximum atomic E-state index is 12.7. The molecule has 0 fully saturated rings. The van der Waals surface area contributed by atoms with Gasteiger partial charge in [0.25, 0.3) is 5.56 Å². The Bertz CT molecular complexity index is 885. The van der Waals surface area contributed by atoms with Gasteiger partial charge in [0.05, 0.1) is 17.3 Å². The number of aryl methyl sites for hydroxylation is 2. The van der Waals surface area contributed by atoms with Crippen LogP contribution in [0.25, 0.3) is 0 Å². The summed E-state index contributed by atoms with van der Waals surface area (Å²) in [5.74, 6) is 0. The number of aromatic nitrogens is 1. The highest BCUT2D eigenvalue weighted by Gasteiger charge is 2.41. The van der Waals surface area contributed by atoms with Crippen LogP contribution in [-0.2, 0) is 13.0 Å². The fraction of sp³-hybridized carbons (Fsp3) is 0.400. The van der Waals surface area contributed by atoms with E-state index in [1.165, 1.54) is 0 Å². The average molecular weight is 403 g/mol. The average Bonchev–Trinajstić information content (AvgIpc) is 2.90. The molecule has 25 heavy (non-hydrogen) atoms. The largest absolute Gasteiger partial charge is 0.326 e. The summed E-state index contributed by atoms with van der Waals surface area (Å²) in [4.78, 5) is 15.7. The predicted octanol–water partition coefficient (Wildman–Crippen LogP) is 4.66. The number of nitrogens with one attached hydrogen (secondary N) is 1. The first-order valence-corrected chi connectivity index (χ1v) is 9.62. The molecule has 132 valence electrons. The number of hydrogen-bond donors (Lipinski definition) is 1. The molecule has 0 amide bonds. The van der Waals surface area contributed by atoms with E-state index >= 15 is 0 Å². The molecule has 4 nitrogen and oxygen atoms in total. The summed E-state index contributed by atoms with van der Waals surface area (Å²) in [6.07, 6.45) is 3.86. The lowest BCUT2D eigenvalue weighted by atomic mass is 10.0. The second-order valence-corrected chi connectivity index (χ2v) is 7.98. The first-order chi connectivity index (χ1) is 11.9. The number of hydrogen-bond acceptors (Lipinski definition) is 2. The van der Waals surface area contributed by atoms with Crippen LogP contribution in [0.3, 0.4) is 0 Å². The summed E-state index contributed by atoms with van der Waals surface area (Å²) in [6.45, 7) is 8.98. The third-order valence-corrected chi connectivity index (χ3v) is 5.44. The first kappa shape index (κ1) is 18.1. The number of pyridine rings is 1. The van der Waals surface area contributed by atoms with Gasteiger partial charge in [-0.2, -0.15) is 4.59 Å². The van der Waals surface area contributed by atoms with Gasteiger partial charge in [-0.05, 0) is 51.0 Å². The highest BCUT2D eigenvalue weighted by atomic mass is 79.9. The van der Waals surface area contributed by atoms with Gasteiger partial charge in [0, 0.05) is 16.2 Å². The van der Waals surface area contributed by atoms with Crippen LogP contribution in [0.15, 0.2) is 38.6 Å². The minimum Gasteiger partial charge on any atom is -0.326 e. The molecule has 5 heteroatoms. The number of aromatic amines is 1. The molecule has 3 rings (SSSR count). The fourth-order valence-electron chi connectivity index (χ4n) is 3.60. The van der Waals surface area contributed by atoms with Crippen LogP contribution >= 0.6 is 15.9 Å². The van der Waals surface area contributed by atoms with E-state index in [1.807, 2.05) is 19.2 Å². The van der Waals surface area contributed by atoms with E-state index < -0.39 is 0 Å². The topological polar surface area (TPSA) is 45.2 Å². The molecule has 0 radical (unpaired) electrons. The van der Waals surface area contributed by atoms with Crippen molar-refractivity contribution in [1.29, 1.82) is 0 Å². The van der Waals surface area contributed by atoms with Crippen LogP contribution in [0, 0.1) is 6.92 Å². The summed E-state index contributed by atoms with van der Waals surface area (Å²) in [5.41, 5.74) is 5.19. The smallest absolute Gasteiger partial charge is 0.257 e. The normalized spacial score (nSPS) is 18.8. The lowest BCUT2D eigenvalue weighted by Gasteiger charge is -2.33. The lowest BCUT2D eigenvalue weighted by Crippen LogP contribution is -2.49.